The molecule has 0 aromatic carbocycles. The smallest absolute Gasteiger partial charge is 0.141 e. The molecule has 1 nitrogen and oxygen atoms in total. The molecule has 0 aliphatic carbocycles. The Morgan fingerprint density at radius 1 is 1.50 bits per heavy atom. The van der Waals surface area contributed by atoms with E-state index in [2.05, 4.69) is 17.6 Å². The standard InChI is InChI=1S/C7H8FNS/c8-7-3-6(1-2-10)4-9-5-7/h3-5,10H,1-2H2. The summed E-state index contributed by atoms with van der Waals surface area (Å²) in [6.45, 7) is 0. The lowest BCUT2D eigenvalue weighted by Gasteiger charge is -1.94. The minimum absolute atomic E-state index is 0.278. The quantitative estimate of drug-likeness (QED) is 0.645. The van der Waals surface area contributed by atoms with Crippen molar-refractivity contribution in [2.75, 3.05) is 5.75 Å². The van der Waals surface area contributed by atoms with E-state index in [0.29, 0.717) is 0 Å². The molecule has 0 saturated heterocycles. The molecule has 0 saturated carbocycles. The van der Waals surface area contributed by atoms with Crippen LogP contribution in [-0.2, 0) is 6.42 Å². The molecule has 0 amide bonds. The highest BCUT2D eigenvalue weighted by molar-refractivity contribution is 7.80. The molecule has 0 unspecified atom stereocenters. The van der Waals surface area contributed by atoms with E-state index in [4.69, 9.17) is 0 Å². The number of hydrogen-bond acceptors (Lipinski definition) is 2. The molecule has 1 rings (SSSR count). The van der Waals surface area contributed by atoms with Crippen LogP contribution >= 0.6 is 12.6 Å². The van der Waals surface area contributed by atoms with E-state index in [1.54, 1.807) is 6.20 Å². The van der Waals surface area contributed by atoms with Crippen LogP contribution in [0, 0.1) is 5.82 Å². The predicted molar refractivity (Wildman–Crippen MR) is 41.8 cm³/mol. The van der Waals surface area contributed by atoms with Gasteiger partial charge in [0.15, 0.2) is 0 Å². The van der Waals surface area contributed by atoms with Crippen molar-refractivity contribution in [2.24, 2.45) is 0 Å². The first-order valence-electron chi connectivity index (χ1n) is 3.03. The molecule has 0 atom stereocenters. The van der Waals surface area contributed by atoms with Gasteiger partial charge in [0, 0.05) is 6.20 Å². The second kappa shape index (κ2) is 3.56. The molecule has 0 N–H and O–H groups in total. The van der Waals surface area contributed by atoms with E-state index in [1.807, 2.05) is 0 Å². The van der Waals surface area contributed by atoms with Crippen LogP contribution in [0.4, 0.5) is 4.39 Å². The zero-order valence-corrected chi connectivity index (χ0v) is 6.31. The van der Waals surface area contributed by atoms with E-state index in [0.717, 1.165) is 17.7 Å². The molecule has 0 fully saturated rings. The summed E-state index contributed by atoms with van der Waals surface area (Å²) in [6, 6.07) is 1.48. The summed E-state index contributed by atoms with van der Waals surface area (Å²) in [5, 5.41) is 0. The average Bonchev–Trinajstić information content (AvgIpc) is 1.88. The van der Waals surface area contributed by atoms with E-state index in [9.17, 15) is 4.39 Å². The minimum atomic E-state index is -0.278. The Kier molecular flexibility index (Phi) is 2.68. The van der Waals surface area contributed by atoms with Crippen molar-refractivity contribution in [2.45, 2.75) is 6.42 Å². The van der Waals surface area contributed by atoms with Gasteiger partial charge in [-0.05, 0) is 23.8 Å². The summed E-state index contributed by atoms with van der Waals surface area (Å²) < 4.78 is 12.4. The molecule has 1 heterocycles. The lowest BCUT2D eigenvalue weighted by Crippen LogP contribution is -1.88. The van der Waals surface area contributed by atoms with Crippen LogP contribution in [0.25, 0.3) is 0 Å². The molecular weight excluding hydrogens is 149 g/mol. The lowest BCUT2D eigenvalue weighted by molar-refractivity contribution is 0.619. The zero-order chi connectivity index (χ0) is 7.40. The number of thiol groups is 1. The maximum Gasteiger partial charge on any atom is 0.141 e. The lowest BCUT2D eigenvalue weighted by atomic mass is 10.2. The van der Waals surface area contributed by atoms with Gasteiger partial charge < -0.3 is 0 Å². The molecular formula is C7H8FNS. The van der Waals surface area contributed by atoms with Gasteiger partial charge in [0.2, 0.25) is 0 Å². The first-order chi connectivity index (χ1) is 4.83. The van der Waals surface area contributed by atoms with Crippen molar-refractivity contribution >= 4 is 12.6 Å². The van der Waals surface area contributed by atoms with Crippen LogP contribution in [0.2, 0.25) is 0 Å². The second-order valence-corrected chi connectivity index (χ2v) is 2.43. The van der Waals surface area contributed by atoms with Crippen molar-refractivity contribution in [3.05, 3.63) is 29.8 Å². The van der Waals surface area contributed by atoms with Gasteiger partial charge in [-0.25, -0.2) is 4.39 Å². The SMILES string of the molecule is Fc1cncc(CCS)c1. The highest BCUT2D eigenvalue weighted by Gasteiger charge is 1.92. The number of nitrogens with zero attached hydrogens (tertiary/aromatic N) is 1. The molecule has 0 aliphatic heterocycles. The van der Waals surface area contributed by atoms with Crippen molar-refractivity contribution in [1.29, 1.82) is 0 Å². The van der Waals surface area contributed by atoms with Crippen molar-refractivity contribution in [1.82, 2.24) is 4.98 Å². The van der Waals surface area contributed by atoms with Gasteiger partial charge in [-0.15, -0.1) is 0 Å². The molecule has 0 radical (unpaired) electrons. The van der Waals surface area contributed by atoms with E-state index in [1.165, 1.54) is 12.3 Å². The third-order valence-corrected chi connectivity index (χ3v) is 1.39. The van der Waals surface area contributed by atoms with Gasteiger partial charge in [-0.2, -0.15) is 12.6 Å². The predicted octanol–water partition coefficient (Wildman–Crippen LogP) is 1.69. The Morgan fingerprint density at radius 2 is 2.30 bits per heavy atom. The van der Waals surface area contributed by atoms with Crippen molar-refractivity contribution < 1.29 is 4.39 Å². The Hall–Kier alpha value is -0.570. The van der Waals surface area contributed by atoms with Gasteiger partial charge in [-0.3, -0.25) is 4.98 Å². The maximum absolute atomic E-state index is 12.4. The third-order valence-electron chi connectivity index (χ3n) is 1.16. The summed E-state index contributed by atoms with van der Waals surface area (Å²) in [7, 11) is 0. The van der Waals surface area contributed by atoms with Crippen molar-refractivity contribution in [3.63, 3.8) is 0 Å². The molecule has 1 aromatic heterocycles. The van der Waals surface area contributed by atoms with Crippen LogP contribution in [0.15, 0.2) is 18.5 Å². The van der Waals surface area contributed by atoms with Crippen LogP contribution in [-0.4, -0.2) is 10.7 Å². The fourth-order valence-corrected chi connectivity index (χ4v) is 0.980. The number of hydrogen-bond donors (Lipinski definition) is 1. The van der Waals surface area contributed by atoms with Crippen LogP contribution in [0.1, 0.15) is 5.56 Å². The fourth-order valence-electron chi connectivity index (χ4n) is 0.722. The van der Waals surface area contributed by atoms with E-state index >= 15 is 0 Å². The monoisotopic (exact) mass is 157 g/mol. The largest absolute Gasteiger partial charge is 0.261 e. The molecule has 1 aromatic rings. The normalized spacial score (nSPS) is 9.80. The van der Waals surface area contributed by atoms with E-state index in [-0.39, 0.29) is 5.82 Å². The Labute approximate surface area is 64.7 Å². The number of aromatic nitrogens is 1. The van der Waals surface area contributed by atoms with Gasteiger partial charge in [0.25, 0.3) is 0 Å². The maximum atomic E-state index is 12.4. The molecule has 10 heavy (non-hydrogen) atoms. The summed E-state index contributed by atoms with van der Waals surface area (Å²) >= 11 is 4.02. The topological polar surface area (TPSA) is 12.9 Å². The Bertz CT molecular complexity index is 215. The van der Waals surface area contributed by atoms with Gasteiger partial charge in [0.1, 0.15) is 5.82 Å². The van der Waals surface area contributed by atoms with Gasteiger partial charge in [-0.1, -0.05) is 0 Å². The first-order valence-corrected chi connectivity index (χ1v) is 3.66. The van der Waals surface area contributed by atoms with Crippen molar-refractivity contribution in [3.8, 4) is 0 Å². The number of rotatable bonds is 2. The molecule has 54 valence electrons. The molecule has 0 aliphatic rings. The second-order valence-electron chi connectivity index (χ2n) is 1.99. The third kappa shape index (κ3) is 1.99. The Morgan fingerprint density at radius 3 is 2.90 bits per heavy atom. The molecule has 0 bridgehead atoms. The average molecular weight is 157 g/mol. The summed E-state index contributed by atoms with van der Waals surface area (Å²) in [5.74, 6) is 0.449. The first kappa shape index (κ1) is 7.54. The van der Waals surface area contributed by atoms with Gasteiger partial charge in [0.05, 0.1) is 6.20 Å². The van der Waals surface area contributed by atoms with Crippen LogP contribution in [0.3, 0.4) is 0 Å². The Balaban J connectivity index is 2.75. The zero-order valence-electron chi connectivity index (χ0n) is 5.42. The number of pyridine rings is 1. The molecule has 0 spiro atoms. The fraction of sp³-hybridized carbons (Fsp3) is 0.286. The highest BCUT2D eigenvalue weighted by Crippen LogP contribution is 2.01. The van der Waals surface area contributed by atoms with Crippen LogP contribution in [0.5, 0.6) is 0 Å². The molecule has 3 heteroatoms. The van der Waals surface area contributed by atoms with E-state index < -0.39 is 0 Å². The summed E-state index contributed by atoms with van der Waals surface area (Å²) in [5.41, 5.74) is 0.898. The highest BCUT2D eigenvalue weighted by atomic mass is 32.1. The van der Waals surface area contributed by atoms with Gasteiger partial charge >= 0.3 is 0 Å². The number of aryl methyl sites for hydroxylation is 1. The summed E-state index contributed by atoms with van der Waals surface area (Å²) in [4.78, 5) is 3.69. The van der Waals surface area contributed by atoms with Crippen LogP contribution < -0.4 is 0 Å². The summed E-state index contributed by atoms with van der Waals surface area (Å²) in [6.07, 6.45) is 3.62. The minimum Gasteiger partial charge on any atom is -0.261 e. The number of halogens is 1.